The van der Waals surface area contributed by atoms with E-state index in [2.05, 4.69) is 43.2 Å². The molecule has 3 nitrogen and oxygen atoms in total. The molecule has 0 amide bonds. The van der Waals surface area contributed by atoms with Crippen LogP contribution in [-0.4, -0.2) is 5.96 Å². The van der Waals surface area contributed by atoms with E-state index in [0.29, 0.717) is 5.96 Å². The van der Waals surface area contributed by atoms with Gasteiger partial charge in [0.15, 0.2) is 5.96 Å². The molecule has 2 aromatic carbocycles. The van der Waals surface area contributed by atoms with Crippen molar-refractivity contribution in [2.45, 2.75) is 26.2 Å². The van der Waals surface area contributed by atoms with Crippen molar-refractivity contribution in [1.82, 2.24) is 0 Å². The zero-order chi connectivity index (χ0) is 14.6. The van der Waals surface area contributed by atoms with Crippen molar-refractivity contribution in [3.8, 4) is 0 Å². The third kappa shape index (κ3) is 3.85. The fraction of sp³-hybridized carbons (Fsp3) is 0.235. The first-order valence-electron chi connectivity index (χ1n) is 6.72. The van der Waals surface area contributed by atoms with Gasteiger partial charge in [0.25, 0.3) is 0 Å². The smallest absolute Gasteiger partial charge is 0.198 e. The van der Waals surface area contributed by atoms with Crippen LogP contribution < -0.4 is 11.1 Å². The van der Waals surface area contributed by atoms with Gasteiger partial charge in [0.1, 0.15) is 0 Å². The maximum absolute atomic E-state index is 5.90. The molecular weight excluding hydrogens is 246 g/mol. The van der Waals surface area contributed by atoms with Crippen LogP contribution in [0.25, 0.3) is 0 Å². The lowest BCUT2D eigenvalue weighted by Crippen LogP contribution is -2.21. The van der Waals surface area contributed by atoms with Gasteiger partial charge in [-0.1, -0.05) is 51.1 Å². The Morgan fingerprint density at radius 1 is 0.950 bits per heavy atom. The molecule has 0 aliphatic heterocycles. The lowest BCUT2D eigenvalue weighted by atomic mass is 9.87. The Hall–Kier alpha value is -2.29. The molecule has 2 aromatic rings. The number of benzene rings is 2. The Morgan fingerprint density at radius 2 is 1.55 bits per heavy atom. The van der Waals surface area contributed by atoms with E-state index in [1.54, 1.807) is 0 Å². The fourth-order valence-electron chi connectivity index (χ4n) is 1.87. The van der Waals surface area contributed by atoms with Crippen molar-refractivity contribution in [3.05, 3.63) is 60.2 Å². The van der Waals surface area contributed by atoms with Crippen molar-refractivity contribution in [2.24, 2.45) is 10.7 Å². The van der Waals surface area contributed by atoms with Gasteiger partial charge < -0.3 is 11.1 Å². The predicted molar refractivity (Wildman–Crippen MR) is 86.5 cm³/mol. The number of hydrogen-bond donors (Lipinski definition) is 2. The van der Waals surface area contributed by atoms with Crippen LogP contribution in [0.3, 0.4) is 0 Å². The van der Waals surface area contributed by atoms with E-state index in [0.717, 1.165) is 11.4 Å². The molecule has 0 unspecified atom stereocenters. The van der Waals surface area contributed by atoms with Crippen LogP contribution in [0.15, 0.2) is 59.6 Å². The van der Waals surface area contributed by atoms with Crippen molar-refractivity contribution in [3.63, 3.8) is 0 Å². The van der Waals surface area contributed by atoms with E-state index in [1.165, 1.54) is 5.56 Å². The molecule has 0 atom stereocenters. The molecule has 20 heavy (non-hydrogen) atoms. The SMILES string of the molecule is CC(C)(C)c1ccc(N=C(N)Nc2ccccc2)cc1. The summed E-state index contributed by atoms with van der Waals surface area (Å²) in [7, 11) is 0. The van der Waals surface area contributed by atoms with Crippen LogP contribution in [0.1, 0.15) is 26.3 Å². The number of anilines is 1. The first kappa shape index (κ1) is 14.1. The Morgan fingerprint density at radius 3 is 2.10 bits per heavy atom. The van der Waals surface area contributed by atoms with Crippen molar-refractivity contribution < 1.29 is 0 Å². The van der Waals surface area contributed by atoms with Gasteiger partial charge in [0, 0.05) is 5.69 Å². The second-order valence-corrected chi connectivity index (χ2v) is 5.78. The molecule has 0 aliphatic carbocycles. The van der Waals surface area contributed by atoms with E-state index in [4.69, 9.17) is 5.73 Å². The van der Waals surface area contributed by atoms with Gasteiger partial charge >= 0.3 is 0 Å². The maximum atomic E-state index is 5.90. The van der Waals surface area contributed by atoms with Crippen LogP contribution in [0.5, 0.6) is 0 Å². The lowest BCUT2D eigenvalue weighted by Gasteiger charge is -2.18. The minimum absolute atomic E-state index is 0.149. The zero-order valence-electron chi connectivity index (χ0n) is 12.2. The summed E-state index contributed by atoms with van der Waals surface area (Å²) in [5, 5.41) is 3.06. The Bertz CT molecular complexity index is 578. The number of nitrogens with one attached hydrogen (secondary N) is 1. The van der Waals surface area contributed by atoms with Gasteiger partial charge in [-0.15, -0.1) is 0 Å². The number of nitrogens with zero attached hydrogens (tertiary/aromatic N) is 1. The fourth-order valence-corrected chi connectivity index (χ4v) is 1.87. The predicted octanol–water partition coefficient (Wildman–Crippen LogP) is 4.04. The monoisotopic (exact) mass is 267 g/mol. The molecule has 3 N–H and O–H groups in total. The molecule has 0 heterocycles. The summed E-state index contributed by atoms with van der Waals surface area (Å²) < 4.78 is 0. The summed E-state index contributed by atoms with van der Waals surface area (Å²) in [6.07, 6.45) is 0. The van der Waals surface area contributed by atoms with Gasteiger partial charge in [-0.25, -0.2) is 4.99 Å². The van der Waals surface area contributed by atoms with Gasteiger partial charge in [-0.05, 0) is 35.2 Å². The third-order valence-electron chi connectivity index (χ3n) is 3.03. The first-order valence-corrected chi connectivity index (χ1v) is 6.72. The summed E-state index contributed by atoms with van der Waals surface area (Å²) in [4.78, 5) is 4.36. The number of hydrogen-bond acceptors (Lipinski definition) is 1. The summed E-state index contributed by atoms with van der Waals surface area (Å²) in [5.41, 5.74) is 9.11. The maximum Gasteiger partial charge on any atom is 0.198 e. The van der Waals surface area contributed by atoms with E-state index < -0.39 is 0 Å². The zero-order valence-corrected chi connectivity index (χ0v) is 12.2. The molecule has 0 fully saturated rings. The normalized spacial score (nSPS) is 12.2. The van der Waals surface area contributed by atoms with E-state index >= 15 is 0 Å². The molecule has 0 bridgehead atoms. The van der Waals surface area contributed by atoms with Crippen LogP contribution in [0.2, 0.25) is 0 Å². The standard InChI is InChI=1S/C17H21N3/c1-17(2,3)13-9-11-15(12-10-13)20-16(18)19-14-7-5-4-6-8-14/h4-12H,1-3H3,(H3,18,19,20). The molecule has 0 radical (unpaired) electrons. The quantitative estimate of drug-likeness (QED) is 0.637. The third-order valence-corrected chi connectivity index (χ3v) is 3.03. The summed E-state index contributed by atoms with van der Waals surface area (Å²) in [5.74, 6) is 0.389. The average Bonchev–Trinajstić information content (AvgIpc) is 2.39. The number of para-hydroxylation sites is 1. The minimum Gasteiger partial charge on any atom is -0.369 e. The van der Waals surface area contributed by atoms with E-state index in [-0.39, 0.29) is 5.41 Å². The Labute approximate surface area is 120 Å². The van der Waals surface area contributed by atoms with E-state index in [1.807, 2.05) is 42.5 Å². The van der Waals surface area contributed by atoms with Crippen LogP contribution in [0, 0.1) is 0 Å². The highest BCUT2D eigenvalue weighted by Crippen LogP contribution is 2.24. The van der Waals surface area contributed by atoms with Gasteiger partial charge in [-0.2, -0.15) is 0 Å². The van der Waals surface area contributed by atoms with Gasteiger partial charge in [0.05, 0.1) is 5.69 Å². The molecule has 3 heteroatoms. The summed E-state index contributed by atoms with van der Waals surface area (Å²) in [6.45, 7) is 6.57. The van der Waals surface area contributed by atoms with Crippen LogP contribution >= 0.6 is 0 Å². The molecular formula is C17H21N3. The highest BCUT2D eigenvalue weighted by molar-refractivity contribution is 5.93. The van der Waals surface area contributed by atoms with Gasteiger partial charge in [-0.3, -0.25) is 0 Å². The van der Waals surface area contributed by atoms with Crippen molar-refractivity contribution in [2.75, 3.05) is 5.32 Å². The summed E-state index contributed by atoms with van der Waals surface area (Å²) in [6, 6.07) is 17.9. The average molecular weight is 267 g/mol. The summed E-state index contributed by atoms with van der Waals surface area (Å²) >= 11 is 0. The molecule has 0 saturated carbocycles. The molecule has 0 aliphatic rings. The van der Waals surface area contributed by atoms with Crippen molar-refractivity contribution >= 4 is 17.3 Å². The highest BCUT2D eigenvalue weighted by atomic mass is 15.1. The number of rotatable bonds is 2. The molecule has 2 rings (SSSR count). The minimum atomic E-state index is 0.149. The number of guanidine groups is 1. The number of aliphatic imine (C=N–C) groups is 1. The topological polar surface area (TPSA) is 50.4 Å². The molecule has 0 aromatic heterocycles. The highest BCUT2D eigenvalue weighted by Gasteiger charge is 2.12. The number of nitrogens with two attached hydrogens (primary N) is 1. The second-order valence-electron chi connectivity index (χ2n) is 5.78. The van der Waals surface area contributed by atoms with Crippen LogP contribution in [0.4, 0.5) is 11.4 Å². The van der Waals surface area contributed by atoms with Crippen LogP contribution in [-0.2, 0) is 5.41 Å². The van der Waals surface area contributed by atoms with E-state index in [9.17, 15) is 0 Å². The molecule has 0 saturated heterocycles. The first-order chi connectivity index (χ1) is 9.45. The largest absolute Gasteiger partial charge is 0.369 e. The second kappa shape index (κ2) is 5.78. The molecule has 104 valence electrons. The lowest BCUT2D eigenvalue weighted by molar-refractivity contribution is 0.590. The van der Waals surface area contributed by atoms with Gasteiger partial charge in [0.2, 0.25) is 0 Å². The molecule has 0 spiro atoms. The Kier molecular flexibility index (Phi) is 4.08. The Balaban J connectivity index is 2.10. The van der Waals surface area contributed by atoms with Crippen molar-refractivity contribution in [1.29, 1.82) is 0 Å².